The van der Waals surface area contributed by atoms with Crippen molar-refractivity contribution in [2.45, 2.75) is 39.2 Å². The van der Waals surface area contributed by atoms with Crippen LogP contribution < -0.4 is 15.2 Å². The number of aromatic nitrogens is 2. The lowest BCUT2D eigenvalue weighted by Crippen LogP contribution is -2.38. The predicted molar refractivity (Wildman–Crippen MR) is 171 cm³/mol. The Morgan fingerprint density at radius 2 is 1.83 bits per heavy atom. The van der Waals surface area contributed by atoms with Gasteiger partial charge in [0.25, 0.3) is 0 Å². The summed E-state index contributed by atoms with van der Waals surface area (Å²) in [7, 11) is -3.29. The van der Waals surface area contributed by atoms with E-state index in [1.54, 1.807) is 42.5 Å². The maximum Gasteiger partial charge on any atom is 0.387 e. The van der Waals surface area contributed by atoms with Crippen molar-refractivity contribution >= 4 is 27.7 Å². The van der Waals surface area contributed by atoms with Crippen molar-refractivity contribution in [2.24, 2.45) is 5.92 Å². The van der Waals surface area contributed by atoms with Gasteiger partial charge in [0.05, 0.1) is 23.7 Å². The minimum absolute atomic E-state index is 0.0412. The predicted octanol–water partition coefficient (Wildman–Crippen LogP) is 6.33. The molecule has 6 rings (SSSR count). The minimum Gasteiger partial charge on any atom is -0.454 e. The van der Waals surface area contributed by atoms with E-state index in [-0.39, 0.29) is 41.0 Å². The number of hydrogen-bond acceptors (Lipinski definition) is 7. The number of nitrogens with two attached hydrogens (primary N) is 1. The normalized spacial score (nSPS) is 15.5. The van der Waals surface area contributed by atoms with E-state index in [0.29, 0.717) is 60.5 Å². The number of nitrogen functional groups attached to an aromatic ring is 1. The second-order valence-electron chi connectivity index (χ2n) is 11.9. The lowest BCUT2D eigenvalue weighted by atomic mass is 9.89. The molecular formula is C34H33F3N4O5S. The van der Waals surface area contributed by atoms with Gasteiger partial charge >= 0.3 is 6.61 Å². The number of carbonyl (C=O) groups is 1. The number of allylic oxidation sites excluding steroid dienone is 1. The van der Waals surface area contributed by atoms with Crippen LogP contribution in [0.5, 0.6) is 17.2 Å². The Labute approximate surface area is 270 Å². The highest BCUT2D eigenvalue weighted by Crippen LogP contribution is 2.37. The Morgan fingerprint density at radius 3 is 2.51 bits per heavy atom. The molecule has 0 amide bonds. The van der Waals surface area contributed by atoms with E-state index < -0.39 is 22.5 Å². The highest BCUT2D eigenvalue weighted by atomic mass is 32.2. The van der Waals surface area contributed by atoms with Gasteiger partial charge in [0.1, 0.15) is 17.3 Å². The van der Waals surface area contributed by atoms with Gasteiger partial charge in [-0.25, -0.2) is 21.8 Å². The summed E-state index contributed by atoms with van der Waals surface area (Å²) in [6.07, 6.45) is 6.14. The summed E-state index contributed by atoms with van der Waals surface area (Å²) in [6, 6.07) is 14.5. The number of carbonyl (C=O) groups excluding carboxylic acids is 1. The first-order valence-corrected chi connectivity index (χ1v) is 16.9. The number of aryl methyl sites for hydroxylation is 1. The third-order valence-electron chi connectivity index (χ3n) is 8.60. The number of piperidine rings is 1. The number of ketones is 1. The second kappa shape index (κ2) is 12.9. The molecular weight excluding hydrogens is 633 g/mol. The monoisotopic (exact) mass is 666 g/mol. The number of benzene rings is 3. The number of nitrogens with zero attached hydrogens (tertiary/aromatic N) is 3. The first kappa shape index (κ1) is 32.3. The number of Topliss-reactive ketones (excluding diaryl/α,β-unsaturated/α-hetero) is 1. The molecule has 1 fully saturated rings. The minimum atomic E-state index is -3.29. The molecule has 2 N–H and O–H groups in total. The van der Waals surface area contributed by atoms with Crippen molar-refractivity contribution in [3.8, 4) is 22.9 Å². The van der Waals surface area contributed by atoms with E-state index in [9.17, 15) is 26.4 Å². The van der Waals surface area contributed by atoms with Gasteiger partial charge in [-0.3, -0.25) is 4.79 Å². The number of ether oxygens (including phenoxy) is 2. The number of halogens is 3. The van der Waals surface area contributed by atoms with Gasteiger partial charge in [0.2, 0.25) is 10.0 Å². The zero-order valence-electron chi connectivity index (χ0n) is 25.8. The Morgan fingerprint density at radius 1 is 1.09 bits per heavy atom. The van der Waals surface area contributed by atoms with Gasteiger partial charge in [-0.15, -0.1) is 0 Å². The van der Waals surface area contributed by atoms with Crippen molar-refractivity contribution in [1.82, 2.24) is 14.1 Å². The number of rotatable bonds is 10. The quantitative estimate of drug-likeness (QED) is 0.197. The smallest absolute Gasteiger partial charge is 0.387 e. The molecule has 9 nitrogen and oxygen atoms in total. The highest BCUT2D eigenvalue weighted by Gasteiger charge is 2.29. The van der Waals surface area contributed by atoms with E-state index in [4.69, 9.17) is 15.2 Å². The summed E-state index contributed by atoms with van der Waals surface area (Å²) in [5.41, 5.74) is 10.4. The highest BCUT2D eigenvalue weighted by molar-refractivity contribution is 7.88. The van der Waals surface area contributed by atoms with E-state index in [1.165, 1.54) is 39.6 Å². The molecule has 1 aliphatic carbocycles. The molecule has 0 bridgehead atoms. The largest absolute Gasteiger partial charge is 0.454 e. The number of alkyl halides is 2. The molecule has 0 radical (unpaired) electrons. The lowest BCUT2D eigenvalue weighted by molar-refractivity contribution is -0.0506. The van der Waals surface area contributed by atoms with Crippen LogP contribution in [0.2, 0.25) is 0 Å². The first-order valence-electron chi connectivity index (χ1n) is 15.0. The van der Waals surface area contributed by atoms with Crippen LogP contribution in [0.15, 0.2) is 66.4 Å². The molecule has 4 aromatic rings. The Kier molecular flexibility index (Phi) is 8.86. The summed E-state index contributed by atoms with van der Waals surface area (Å²) in [5.74, 6) is -0.0599. The number of para-hydroxylation sites is 1. The molecule has 2 heterocycles. The van der Waals surface area contributed by atoms with Crippen molar-refractivity contribution in [3.63, 3.8) is 0 Å². The summed E-state index contributed by atoms with van der Waals surface area (Å²) in [4.78, 5) is 13.7. The standard InChI is InChI=1S/C34H33F3N4O5S/c1-20-13-26(45-30-6-4-3-5-28(30)35)7-8-29(20)41-33(38)27(19-39-41)32(42)25-16-22-15-24(31(46-34(36)37)18-23(22)17-25)14-21-9-11-40(12-10-21)47(2,43)44/h3-8,13,15,17-19,21,34H,9-12,14,16,38H2,1-2H3. The topological polar surface area (TPSA) is 117 Å². The fourth-order valence-corrected chi connectivity index (χ4v) is 7.05. The van der Waals surface area contributed by atoms with Crippen LogP contribution in [0.25, 0.3) is 11.8 Å². The Hall–Kier alpha value is -4.62. The zero-order valence-corrected chi connectivity index (χ0v) is 26.6. The van der Waals surface area contributed by atoms with Gasteiger partial charge in [-0.2, -0.15) is 13.9 Å². The molecule has 2 aliphatic rings. The van der Waals surface area contributed by atoms with Crippen molar-refractivity contribution in [1.29, 1.82) is 0 Å². The summed E-state index contributed by atoms with van der Waals surface area (Å²) in [6.45, 7) is -0.465. The van der Waals surface area contributed by atoms with Gasteiger partial charge in [-0.05, 0) is 96.8 Å². The molecule has 1 saturated heterocycles. The molecule has 0 spiro atoms. The van der Waals surface area contributed by atoms with Crippen LogP contribution in [-0.4, -0.2) is 54.2 Å². The molecule has 1 aromatic heterocycles. The Bertz CT molecular complexity index is 1990. The zero-order chi connectivity index (χ0) is 33.5. The first-order chi connectivity index (χ1) is 22.4. The Balaban J connectivity index is 1.19. The maximum absolute atomic E-state index is 14.0. The fourth-order valence-electron chi connectivity index (χ4n) is 6.17. The van der Waals surface area contributed by atoms with Crippen LogP contribution in [0, 0.1) is 18.7 Å². The number of sulfonamides is 1. The molecule has 0 unspecified atom stereocenters. The summed E-state index contributed by atoms with van der Waals surface area (Å²) < 4.78 is 78.0. The second-order valence-corrected chi connectivity index (χ2v) is 13.8. The molecule has 47 heavy (non-hydrogen) atoms. The van der Waals surface area contributed by atoms with Gasteiger partial charge in [-0.1, -0.05) is 18.2 Å². The summed E-state index contributed by atoms with van der Waals surface area (Å²) >= 11 is 0. The molecule has 13 heteroatoms. The molecule has 0 atom stereocenters. The van der Waals surface area contributed by atoms with Crippen LogP contribution in [0.1, 0.15) is 45.5 Å². The van der Waals surface area contributed by atoms with E-state index in [2.05, 4.69) is 5.10 Å². The van der Waals surface area contributed by atoms with E-state index >= 15 is 0 Å². The van der Waals surface area contributed by atoms with Crippen LogP contribution in [-0.2, 0) is 22.9 Å². The number of hydrogen-bond donors (Lipinski definition) is 1. The average Bonchev–Trinajstić information content (AvgIpc) is 3.61. The number of fused-ring (bicyclic) bond motifs is 1. The van der Waals surface area contributed by atoms with Crippen LogP contribution in [0.4, 0.5) is 19.0 Å². The third-order valence-corrected chi connectivity index (χ3v) is 9.91. The van der Waals surface area contributed by atoms with Crippen LogP contribution >= 0.6 is 0 Å². The molecule has 3 aromatic carbocycles. The van der Waals surface area contributed by atoms with Crippen LogP contribution in [0.3, 0.4) is 0 Å². The van der Waals surface area contributed by atoms with Gasteiger partial charge < -0.3 is 15.2 Å². The van der Waals surface area contributed by atoms with E-state index in [0.717, 1.165) is 11.1 Å². The van der Waals surface area contributed by atoms with Gasteiger partial charge in [0, 0.05) is 25.1 Å². The van der Waals surface area contributed by atoms with Crippen molar-refractivity contribution in [2.75, 3.05) is 25.1 Å². The average molecular weight is 667 g/mol. The fraction of sp³-hybridized carbons (Fsp3) is 0.294. The molecule has 0 saturated carbocycles. The van der Waals surface area contributed by atoms with Crippen molar-refractivity contribution < 1.29 is 35.9 Å². The molecule has 246 valence electrons. The third kappa shape index (κ3) is 6.91. The lowest BCUT2D eigenvalue weighted by Gasteiger charge is -2.30. The van der Waals surface area contributed by atoms with Crippen molar-refractivity contribution in [3.05, 3.63) is 100 Å². The van der Waals surface area contributed by atoms with E-state index in [1.807, 2.05) is 6.92 Å². The SMILES string of the molecule is Cc1cc(Oc2ccccc2F)ccc1-n1ncc(C(=O)C2=Cc3cc(OC(F)F)c(CC4CCN(S(C)(=O)=O)CC4)cc3C2)c1N. The molecule has 1 aliphatic heterocycles. The van der Waals surface area contributed by atoms with Gasteiger partial charge in [0.15, 0.2) is 17.3 Å². The summed E-state index contributed by atoms with van der Waals surface area (Å²) in [5, 5.41) is 4.36. The number of anilines is 1. The maximum atomic E-state index is 14.0.